The van der Waals surface area contributed by atoms with Gasteiger partial charge in [-0.25, -0.2) is 0 Å². The minimum Gasteiger partial charge on any atom is -0.497 e. The maximum Gasteiger partial charge on any atom is 0.257 e. The maximum absolute atomic E-state index is 12.7. The van der Waals surface area contributed by atoms with Gasteiger partial charge in [0.25, 0.3) is 5.91 Å². The number of hydrogen-bond acceptors (Lipinski definition) is 3. The van der Waals surface area contributed by atoms with Crippen LogP contribution in [0, 0.1) is 0 Å². The fourth-order valence-electron chi connectivity index (χ4n) is 2.80. The molecule has 5 nitrogen and oxygen atoms in total. The van der Waals surface area contributed by atoms with E-state index in [0.717, 1.165) is 6.42 Å². The predicted molar refractivity (Wildman–Crippen MR) is 98.6 cm³/mol. The zero-order valence-corrected chi connectivity index (χ0v) is 14.5. The molecule has 0 aliphatic rings. The summed E-state index contributed by atoms with van der Waals surface area (Å²) in [5.74, 6) is 0.221. The van der Waals surface area contributed by atoms with Crippen molar-refractivity contribution in [3.63, 3.8) is 0 Å². The number of ether oxygens (including phenoxy) is 1. The molecule has 0 atom stereocenters. The number of fused-ring (bicyclic) bond motifs is 1. The predicted octanol–water partition coefficient (Wildman–Crippen LogP) is 4.12. The molecule has 0 radical (unpaired) electrons. The van der Waals surface area contributed by atoms with Gasteiger partial charge in [-0.1, -0.05) is 19.1 Å². The summed E-state index contributed by atoms with van der Waals surface area (Å²) in [5.41, 5.74) is 3.04. The molecule has 25 heavy (non-hydrogen) atoms. The van der Waals surface area contributed by atoms with Gasteiger partial charge in [0.2, 0.25) is 5.91 Å². The maximum atomic E-state index is 12.7. The molecule has 0 aliphatic carbocycles. The Labute approximate surface area is 146 Å². The van der Waals surface area contributed by atoms with Gasteiger partial charge in [-0.2, -0.15) is 0 Å². The van der Waals surface area contributed by atoms with Crippen LogP contribution in [0.5, 0.6) is 5.75 Å². The molecule has 0 fully saturated rings. The van der Waals surface area contributed by atoms with Crippen LogP contribution in [0.1, 0.15) is 34.6 Å². The fraction of sp³-hybridized carbons (Fsp3) is 0.200. The van der Waals surface area contributed by atoms with Crippen LogP contribution in [0.25, 0.3) is 10.9 Å². The number of hydrogen-bond donors (Lipinski definition) is 1. The van der Waals surface area contributed by atoms with Crippen molar-refractivity contribution in [1.29, 1.82) is 0 Å². The van der Waals surface area contributed by atoms with Gasteiger partial charge in [-0.05, 0) is 42.3 Å². The molecular weight excluding hydrogens is 316 g/mol. The SMILES string of the molecule is CCc1ccc(NC(=O)c2cn(C(C)=O)c3ccc(OC)cc23)cc1. The Bertz CT molecular complexity index is 939. The zero-order valence-electron chi connectivity index (χ0n) is 14.5. The first-order valence-electron chi connectivity index (χ1n) is 8.13. The quantitative estimate of drug-likeness (QED) is 0.779. The van der Waals surface area contributed by atoms with Gasteiger partial charge in [0.15, 0.2) is 0 Å². The van der Waals surface area contributed by atoms with Crippen molar-refractivity contribution in [2.24, 2.45) is 0 Å². The first kappa shape index (κ1) is 16.8. The molecule has 0 aliphatic heterocycles. The highest BCUT2D eigenvalue weighted by Crippen LogP contribution is 2.27. The Kier molecular flexibility index (Phi) is 4.57. The molecule has 5 heteroatoms. The molecule has 0 unspecified atom stereocenters. The third kappa shape index (κ3) is 3.26. The van der Waals surface area contributed by atoms with Crippen LogP contribution in [0.15, 0.2) is 48.7 Å². The Hall–Kier alpha value is -3.08. The van der Waals surface area contributed by atoms with E-state index in [0.29, 0.717) is 27.9 Å². The topological polar surface area (TPSA) is 60.3 Å². The fourth-order valence-corrected chi connectivity index (χ4v) is 2.80. The van der Waals surface area contributed by atoms with Gasteiger partial charge in [-0.3, -0.25) is 14.2 Å². The van der Waals surface area contributed by atoms with Gasteiger partial charge in [0.05, 0.1) is 18.2 Å². The van der Waals surface area contributed by atoms with Crippen LogP contribution in [-0.2, 0) is 6.42 Å². The molecule has 0 bridgehead atoms. The third-order valence-electron chi connectivity index (χ3n) is 4.22. The summed E-state index contributed by atoms with van der Waals surface area (Å²) in [6, 6.07) is 13.0. The second kappa shape index (κ2) is 6.81. The van der Waals surface area contributed by atoms with E-state index in [1.807, 2.05) is 24.3 Å². The number of nitrogens with one attached hydrogen (secondary N) is 1. The van der Waals surface area contributed by atoms with Gasteiger partial charge in [-0.15, -0.1) is 0 Å². The average Bonchev–Trinajstić information content (AvgIpc) is 3.01. The molecule has 2 aromatic carbocycles. The molecule has 128 valence electrons. The van der Waals surface area contributed by atoms with E-state index in [2.05, 4.69) is 12.2 Å². The normalized spacial score (nSPS) is 10.7. The largest absolute Gasteiger partial charge is 0.497 e. The Morgan fingerprint density at radius 3 is 2.44 bits per heavy atom. The summed E-state index contributed by atoms with van der Waals surface area (Å²) < 4.78 is 6.72. The second-order valence-electron chi connectivity index (χ2n) is 5.82. The summed E-state index contributed by atoms with van der Waals surface area (Å²) >= 11 is 0. The molecule has 0 saturated carbocycles. The van der Waals surface area contributed by atoms with Crippen LogP contribution >= 0.6 is 0 Å². The summed E-state index contributed by atoms with van der Waals surface area (Å²) in [6.45, 7) is 3.55. The number of carbonyl (C=O) groups is 2. The minimum absolute atomic E-state index is 0.151. The first-order valence-corrected chi connectivity index (χ1v) is 8.13. The van der Waals surface area contributed by atoms with Crippen molar-refractivity contribution in [2.75, 3.05) is 12.4 Å². The lowest BCUT2D eigenvalue weighted by atomic mass is 10.1. The summed E-state index contributed by atoms with van der Waals surface area (Å²) in [5, 5.41) is 3.57. The molecule has 1 N–H and O–H groups in total. The van der Waals surface area contributed by atoms with Crippen molar-refractivity contribution >= 4 is 28.4 Å². The van der Waals surface area contributed by atoms with E-state index < -0.39 is 0 Å². The Morgan fingerprint density at radius 1 is 1.12 bits per heavy atom. The number of aromatic nitrogens is 1. The first-order chi connectivity index (χ1) is 12.0. The molecule has 3 rings (SSSR count). The molecule has 1 amide bonds. The van der Waals surface area contributed by atoms with Crippen molar-refractivity contribution in [2.45, 2.75) is 20.3 Å². The van der Waals surface area contributed by atoms with Crippen molar-refractivity contribution in [3.05, 3.63) is 59.8 Å². The lowest BCUT2D eigenvalue weighted by molar-refractivity contribution is 0.0941. The van der Waals surface area contributed by atoms with E-state index in [4.69, 9.17) is 4.74 Å². The number of aryl methyl sites for hydroxylation is 1. The van der Waals surface area contributed by atoms with Gasteiger partial charge in [0.1, 0.15) is 5.75 Å². The molecule has 0 saturated heterocycles. The average molecular weight is 336 g/mol. The molecule has 1 aromatic heterocycles. The Balaban J connectivity index is 2.00. The third-order valence-corrected chi connectivity index (χ3v) is 4.22. The summed E-state index contributed by atoms with van der Waals surface area (Å²) in [7, 11) is 1.57. The van der Waals surface area contributed by atoms with Crippen molar-refractivity contribution in [1.82, 2.24) is 4.57 Å². The van der Waals surface area contributed by atoms with Gasteiger partial charge < -0.3 is 10.1 Å². The molecule has 3 aromatic rings. The highest BCUT2D eigenvalue weighted by molar-refractivity contribution is 6.14. The highest BCUT2D eigenvalue weighted by atomic mass is 16.5. The van der Waals surface area contributed by atoms with E-state index in [-0.39, 0.29) is 11.8 Å². The van der Waals surface area contributed by atoms with Crippen LogP contribution in [0.2, 0.25) is 0 Å². The lowest BCUT2D eigenvalue weighted by Crippen LogP contribution is -2.12. The van der Waals surface area contributed by atoms with Crippen LogP contribution in [0.3, 0.4) is 0 Å². The van der Waals surface area contributed by atoms with E-state index in [1.165, 1.54) is 17.1 Å². The standard InChI is InChI=1S/C20H20N2O3/c1-4-14-5-7-15(8-6-14)21-20(24)18-12-22(13(2)23)19-10-9-16(25-3)11-17(18)19/h5-12H,4H2,1-3H3,(H,21,24). The second-order valence-corrected chi connectivity index (χ2v) is 5.82. The number of methoxy groups -OCH3 is 1. The van der Waals surface area contributed by atoms with E-state index in [9.17, 15) is 9.59 Å². The van der Waals surface area contributed by atoms with Crippen molar-refractivity contribution in [3.8, 4) is 5.75 Å². The Morgan fingerprint density at radius 2 is 1.84 bits per heavy atom. The van der Waals surface area contributed by atoms with Crippen molar-refractivity contribution < 1.29 is 14.3 Å². The number of carbonyl (C=O) groups excluding carboxylic acids is 2. The monoisotopic (exact) mass is 336 g/mol. The lowest BCUT2D eigenvalue weighted by Gasteiger charge is -2.06. The van der Waals surface area contributed by atoms with Crippen LogP contribution in [0.4, 0.5) is 5.69 Å². The van der Waals surface area contributed by atoms with Gasteiger partial charge >= 0.3 is 0 Å². The molecular formula is C20H20N2O3. The van der Waals surface area contributed by atoms with E-state index in [1.54, 1.807) is 31.5 Å². The molecule has 0 spiro atoms. The van der Waals surface area contributed by atoms with Crippen LogP contribution in [-0.4, -0.2) is 23.5 Å². The number of amides is 1. The summed E-state index contributed by atoms with van der Waals surface area (Å²) in [6.07, 6.45) is 2.52. The zero-order chi connectivity index (χ0) is 18.0. The smallest absolute Gasteiger partial charge is 0.257 e. The number of benzene rings is 2. The number of rotatable bonds is 4. The highest BCUT2D eigenvalue weighted by Gasteiger charge is 2.17. The number of anilines is 1. The minimum atomic E-state index is -0.262. The molecule has 1 heterocycles. The summed E-state index contributed by atoms with van der Waals surface area (Å²) in [4.78, 5) is 24.6. The van der Waals surface area contributed by atoms with E-state index >= 15 is 0 Å². The van der Waals surface area contributed by atoms with Crippen LogP contribution < -0.4 is 10.1 Å². The number of nitrogens with zero attached hydrogens (tertiary/aromatic N) is 1. The van der Waals surface area contributed by atoms with Gasteiger partial charge in [0, 0.05) is 24.2 Å².